The predicted molar refractivity (Wildman–Crippen MR) is 210 cm³/mol. The average Bonchev–Trinajstić information content (AvgIpc) is 3.72. The molecule has 0 bridgehead atoms. The Hall–Kier alpha value is -7.36. The molecule has 0 amide bonds. The summed E-state index contributed by atoms with van der Waals surface area (Å²) in [6.07, 6.45) is 0. The van der Waals surface area contributed by atoms with Crippen LogP contribution in [0.25, 0.3) is 89.2 Å². The van der Waals surface area contributed by atoms with Gasteiger partial charge in [-0.15, -0.1) is 0 Å². The number of hydrogen-bond acceptors (Lipinski definition) is 4. The first-order valence-electron chi connectivity index (χ1n) is 17.2. The molecule has 0 unspecified atom stereocenters. The van der Waals surface area contributed by atoms with Crippen LogP contribution in [0.3, 0.4) is 0 Å². The van der Waals surface area contributed by atoms with Crippen molar-refractivity contribution in [1.29, 1.82) is 5.26 Å². The van der Waals surface area contributed by atoms with Gasteiger partial charge in [-0.1, -0.05) is 97.1 Å². The Morgan fingerprint density at radius 3 is 1.46 bits per heavy atom. The number of fused-ring (bicyclic) bond motifs is 6. The van der Waals surface area contributed by atoms with Crippen LogP contribution in [0, 0.1) is 11.3 Å². The fourth-order valence-corrected chi connectivity index (χ4v) is 7.39. The summed E-state index contributed by atoms with van der Waals surface area (Å²) in [5.41, 5.74) is 9.87. The number of nitrogens with zero attached hydrogens (tertiary/aromatic N) is 6. The van der Waals surface area contributed by atoms with E-state index in [-0.39, 0.29) is 0 Å². The molecule has 0 atom stereocenters. The third-order valence-electron chi connectivity index (χ3n) is 9.78. The van der Waals surface area contributed by atoms with Gasteiger partial charge in [0, 0.05) is 49.6 Å². The highest BCUT2D eigenvalue weighted by atomic mass is 15.0. The Bertz CT molecular complexity index is 3010. The van der Waals surface area contributed by atoms with Gasteiger partial charge in [-0.25, -0.2) is 15.0 Å². The van der Waals surface area contributed by atoms with E-state index in [0.29, 0.717) is 23.0 Å². The number of rotatable bonds is 5. The summed E-state index contributed by atoms with van der Waals surface area (Å²) in [6, 6.07) is 60.5. The van der Waals surface area contributed by atoms with Gasteiger partial charge in [0.2, 0.25) is 0 Å². The molecule has 10 rings (SSSR count). The highest BCUT2D eigenvalue weighted by Gasteiger charge is 2.19. The second-order valence-electron chi connectivity index (χ2n) is 12.8. The molecule has 242 valence electrons. The molecule has 0 fully saturated rings. The molecule has 0 N–H and O–H groups in total. The van der Waals surface area contributed by atoms with E-state index in [4.69, 9.17) is 15.0 Å². The monoisotopic (exact) mass is 664 g/mol. The number of benzene rings is 7. The molecule has 0 spiro atoms. The van der Waals surface area contributed by atoms with Gasteiger partial charge in [0.1, 0.15) is 0 Å². The Balaban J connectivity index is 1.21. The van der Waals surface area contributed by atoms with Crippen molar-refractivity contribution in [2.75, 3.05) is 0 Å². The van der Waals surface area contributed by atoms with Gasteiger partial charge in [0.15, 0.2) is 17.5 Å². The lowest BCUT2D eigenvalue weighted by Gasteiger charge is -2.12. The van der Waals surface area contributed by atoms with Crippen molar-refractivity contribution in [3.63, 3.8) is 0 Å². The molecule has 0 aliphatic rings. The van der Waals surface area contributed by atoms with Gasteiger partial charge in [0.25, 0.3) is 0 Å². The normalized spacial score (nSPS) is 11.4. The Morgan fingerprint density at radius 2 is 0.846 bits per heavy atom. The van der Waals surface area contributed by atoms with Gasteiger partial charge >= 0.3 is 0 Å². The summed E-state index contributed by atoms with van der Waals surface area (Å²) < 4.78 is 4.71. The highest BCUT2D eigenvalue weighted by Crippen LogP contribution is 2.40. The maximum atomic E-state index is 9.38. The van der Waals surface area contributed by atoms with Gasteiger partial charge in [-0.2, -0.15) is 5.26 Å². The van der Waals surface area contributed by atoms with Crippen LogP contribution >= 0.6 is 0 Å². The molecule has 0 saturated heterocycles. The van der Waals surface area contributed by atoms with Crippen LogP contribution in [0.4, 0.5) is 0 Å². The van der Waals surface area contributed by atoms with Crippen LogP contribution < -0.4 is 0 Å². The summed E-state index contributed by atoms with van der Waals surface area (Å²) in [7, 11) is 0. The van der Waals surface area contributed by atoms with Crippen molar-refractivity contribution in [2.24, 2.45) is 0 Å². The highest BCUT2D eigenvalue weighted by molar-refractivity contribution is 6.19. The van der Waals surface area contributed by atoms with Gasteiger partial charge < -0.3 is 9.13 Å². The SMILES string of the molecule is N#Cc1ccc(-c2nc(-c3ccccc3)nc(-c3cccc(-n4c5ccccc5c5cc6c7ccccc7n(-c7ccccc7)c6cc54)c3)n2)cc1. The van der Waals surface area contributed by atoms with Gasteiger partial charge in [-0.05, 0) is 72.8 Å². The minimum absolute atomic E-state index is 0.548. The van der Waals surface area contributed by atoms with Gasteiger partial charge in [-0.3, -0.25) is 0 Å². The van der Waals surface area contributed by atoms with E-state index >= 15 is 0 Å². The lowest BCUT2D eigenvalue weighted by atomic mass is 10.1. The molecule has 6 heteroatoms. The lowest BCUT2D eigenvalue weighted by Crippen LogP contribution is -2.01. The van der Waals surface area contributed by atoms with Crippen molar-refractivity contribution >= 4 is 43.6 Å². The van der Waals surface area contributed by atoms with Crippen LogP contribution in [-0.4, -0.2) is 24.1 Å². The van der Waals surface area contributed by atoms with Crippen molar-refractivity contribution in [1.82, 2.24) is 24.1 Å². The third kappa shape index (κ3) is 4.76. The van der Waals surface area contributed by atoms with Crippen LogP contribution in [0.5, 0.6) is 0 Å². The van der Waals surface area contributed by atoms with E-state index in [1.165, 1.54) is 27.1 Å². The molecule has 6 nitrogen and oxygen atoms in total. The molecule has 52 heavy (non-hydrogen) atoms. The van der Waals surface area contributed by atoms with Crippen LogP contribution in [0.15, 0.2) is 170 Å². The fraction of sp³-hybridized carbons (Fsp3) is 0. The predicted octanol–water partition coefficient (Wildman–Crippen LogP) is 10.9. The molecular formula is C46H28N6. The summed E-state index contributed by atoms with van der Waals surface area (Å²) in [4.78, 5) is 14.9. The minimum atomic E-state index is 0.548. The maximum absolute atomic E-state index is 9.38. The van der Waals surface area contributed by atoms with Crippen LogP contribution in [0.1, 0.15) is 5.56 Å². The molecule has 10 aromatic rings. The Kier molecular flexibility index (Phi) is 6.76. The molecule has 0 aliphatic heterocycles. The second kappa shape index (κ2) is 11.9. The van der Waals surface area contributed by atoms with E-state index in [1.54, 1.807) is 12.1 Å². The van der Waals surface area contributed by atoms with E-state index < -0.39 is 0 Å². The van der Waals surface area contributed by atoms with Crippen LogP contribution in [0.2, 0.25) is 0 Å². The van der Waals surface area contributed by atoms with Gasteiger partial charge in [0.05, 0.1) is 33.7 Å². The molecule has 0 aliphatic carbocycles. The summed E-state index contributed by atoms with van der Waals surface area (Å²) in [6.45, 7) is 0. The Morgan fingerprint density at radius 1 is 0.365 bits per heavy atom. The molecular weight excluding hydrogens is 637 g/mol. The third-order valence-corrected chi connectivity index (χ3v) is 9.78. The maximum Gasteiger partial charge on any atom is 0.164 e. The van der Waals surface area contributed by atoms with Crippen molar-refractivity contribution < 1.29 is 0 Å². The van der Waals surface area contributed by atoms with E-state index in [0.717, 1.165) is 44.6 Å². The van der Waals surface area contributed by atoms with Crippen LogP contribution in [-0.2, 0) is 0 Å². The number of aromatic nitrogens is 5. The van der Waals surface area contributed by atoms with Crippen molar-refractivity contribution in [3.8, 4) is 51.6 Å². The van der Waals surface area contributed by atoms with E-state index in [2.05, 4.69) is 130 Å². The topological polar surface area (TPSA) is 72.3 Å². The van der Waals surface area contributed by atoms with Crippen molar-refractivity contribution in [2.45, 2.75) is 0 Å². The molecule has 0 radical (unpaired) electrons. The minimum Gasteiger partial charge on any atom is -0.309 e. The molecule has 3 aromatic heterocycles. The fourth-order valence-electron chi connectivity index (χ4n) is 7.39. The quantitative estimate of drug-likeness (QED) is 0.184. The summed E-state index contributed by atoms with van der Waals surface area (Å²) >= 11 is 0. The number of hydrogen-bond donors (Lipinski definition) is 0. The first-order valence-corrected chi connectivity index (χ1v) is 17.2. The number of para-hydroxylation sites is 3. The second-order valence-corrected chi connectivity index (χ2v) is 12.8. The van der Waals surface area contributed by atoms with E-state index in [9.17, 15) is 5.26 Å². The molecule has 7 aromatic carbocycles. The first-order chi connectivity index (χ1) is 25.7. The Labute approximate surface area is 299 Å². The summed E-state index contributed by atoms with van der Waals surface area (Å²) in [5.74, 6) is 1.71. The standard InChI is InChI=1S/C46H28N6/c47-29-30-22-24-32(25-23-30)45-48-44(31-12-3-1-4-13-31)49-46(50-45)33-14-11-17-35(26-33)52-41-21-10-8-19-37(41)39-27-38-36-18-7-9-20-40(36)51(42(38)28-43(39)52)34-15-5-2-6-16-34/h1-28H. The van der Waals surface area contributed by atoms with E-state index in [1.807, 2.05) is 42.5 Å². The summed E-state index contributed by atoms with van der Waals surface area (Å²) in [5, 5.41) is 14.2. The molecule has 0 saturated carbocycles. The average molecular weight is 665 g/mol. The lowest BCUT2D eigenvalue weighted by molar-refractivity contribution is 1.07. The molecule has 3 heterocycles. The zero-order valence-electron chi connectivity index (χ0n) is 27.8. The number of nitriles is 1. The largest absolute Gasteiger partial charge is 0.309 e. The zero-order chi connectivity index (χ0) is 34.6. The van der Waals surface area contributed by atoms with Crippen molar-refractivity contribution in [3.05, 3.63) is 175 Å². The smallest absolute Gasteiger partial charge is 0.164 e. The first kappa shape index (κ1) is 29.5. The zero-order valence-corrected chi connectivity index (χ0v) is 27.8.